The van der Waals surface area contributed by atoms with E-state index >= 15 is 0 Å². The van der Waals surface area contributed by atoms with Crippen LogP contribution < -0.4 is 0 Å². The zero-order valence-corrected chi connectivity index (χ0v) is 17.7. The van der Waals surface area contributed by atoms with Crippen molar-refractivity contribution >= 4 is 17.4 Å². The standard InChI is InChI=1S/C20H22ClFN6O3/c1-20(29,6-7-27-12-18(28(30)31)24-19(27)21)13-25-8-9-26-10-16(23-17(26)11-25)14-2-4-15(22)5-3-14/h2-5,10,12,29H,6-9,11,13H2,1H3. The van der Waals surface area contributed by atoms with Crippen LogP contribution >= 0.6 is 11.6 Å². The zero-order chi connectivity index (χ0) is 22.2. The van der Waals surface area contributed by atoms with E-state index in [1.165, 1.54) is 22.9 Å². The van der Waals surface area contributed by atoms with E-state index in [1.807, 2.05) is 6.20 Å². The van der Waals surface area contributed by atoms with Crippen molar-refractivity contribution in [3.8, 4) is 11.3 Å². The average Bonchev–Trinajstić information content (AvgIpc) is 3.30. The van der Waals surface area contributed by atoms with Crippen molar-refractivity contribution in [2.45, 2.75) is 38.6 Å². The second-order valence-corrected chi connectivity index (χ2v) is 8.36. The summed E-state index contributed by atoms with van der Waals surface area (Å²) in [5.74, 6) is 0.284. The number of hydrogen-bond acceptors (Lipinski definition) is 6. The Morgan fingerprint density at radius 3 is 2.68 bits per heavy atom. The van der Waals surface area contributed by atoms with Crippen LogP contribution in [0.15, 0.2) is 36.7 Å². The molecule has 11 heteroatoms. The lowest BCUT2D eigenvalue weighted by Gasteiger charge is -2.34. The molecule has 4 rings (SSSR count). The average molecular weight is 449 g/mol. The van der Waals surface area contributed by atoms with E-state index < -0.39 is 10.5 Å². The number of aliphatic hydroxyl groups is 1. The molecule has 0 fully saturated rings. The van der Waals surface area contributed by atoms with Gasteiger partial charge in [0, 0.05) is 37.9 Å². The number of fused-ring (bicyclic) bond motifs is 1. The number of β-amino-alcohol motifs (C(OH)–C–C–N with tert-alkyl or cyclic N) is 1. The van der Waals surface area contributed by atoms with Crippen molar-refractivity contribution in [3.63, 3.8) is 0 Å². The maximum atomic E-state index is 13.2. The fourth-order valence-corrected chi connectivity index (χ4v) is 3.96. The number of aryl methyl sites for hydroxylation is 1. The first-order chi connectivity index (χ1) is 14.7. The molecule has 3 heterocycles. The molecule has 0 saturated carbocycles. The molecule has 0 saturated heterocycles. The molecular formula is C20H22ClFN6O3. The summed E-state index contributed by atoms with van der Waals surface area (Å²) in [6.07, 6.45) is 3.59. The van der Waals surface area contributed by atoms with Crippen LogP contribution in [0.5, 0.6) is 0 Å². The Morgan fingerprint density at radius 1 is 1.26 bits per heavy atom. The lowest BCUT2D eigenvalue weighted by molar-refractivity contribution is -0.389. The summed E-state index contributed by atoms with van der Waals surface area (Å²) in [5, 5.41) is 21.7. The summed E-state index contributed by atoms with van der Waals surface area (Å²) in [4.78, 5) is 20.7. The Kier molecular flexibility index (Phi) is 5.78. The second-order valence-electron chi connectivity index (χ2n) is 8.02. The number of aromatic nitrogens is 4. The molecule has 1 aromatic carbocycles. The van der Waals surface area contributed by atoms with E-state index in [2.05, 4.69) is 19.4 Å². The fourth-order valence-electron chi connectivity index (χ4n) is 3.74. The Labute approximate surface area is 182 Å². The van der Waals surface area contributed by atoms with Crippen molar-refractivity contribution < 1.29 is 14.4 Å². The minimum absolute atomic E-state index is 0.0239. The van der Waals surface area contributed by atoms with Gasteiger partial charge in [0.1, 0.15) is 17.8 Å². The SMILES string of the molecule is CC(O)(CCn1cc([N+](=O)[O-])nc1Cl)CN1CCn2cc(-c3ccc(F)cc3)nc2C1. The topological polar surface area (TPSA) is 102 Å². The highest BCUT2D eigenvalue weighted by Crippen LogP contribution is 2.24. The molecule has 1 aliphatic heterocycles. The molecule has 1 N–H and O–H groups in total. The molecule has 164 valence electrons. The molecule has 0 bridgehead atoms. The molecule has 31 heavy (non-hydrogen) atoms. The van der Waals surface area contributed by atoms with Crippen LogP contribution in [-0.4, -0.2) is 52.7 Å². The lowest BCUT2D eigenvalue weighted by Crippen LogP contribution is -2.44. The van der Waals surface area contributed by atoms with E-state index in [1.54, 1.807) is 19.1 Å². The van der Waals surface area contributed by atoms with Gasteiger partial charge in [0.15, 0.2) is 0 Å². The van der Waals surface area contributed by atoms with Gasteiger partial charge in [0.25, 0.3) is 0 Å². The molecule has 0 amide bonds. The summed E-state index contributed by atoms with van der Waals surface area (Å²) in [6, 6.07) is 6.24. The maximum absolute atomic E-state index is 13.2. The molecule has 1 unspecified atom stereocenters. The van der Waals surface area contributed by atoms with Gasteiger partial charge >= 0.3 is 11.1 Å². The molecule has 1 atom stereocenters. The van der Waals surface area contributed by atoms with E-state index in [0.29, 0.717) is 26.1 Å². The Balaban J connectivity index is 1.38. The summed E-state index contributed by atoms with van der Waals surface area (Å²) in [7, 11) is 0. The maximum Gasteiger partial charge on any atom is 0.383 e. The van der Waals surface area contributed by atoms with Gasteiger partial charge in [-0.25, -0.2) is 9.37 Å². The van der Waals surface area contributed by atoms with Gasteiger partial charge in [-0.1, -0.05) is 0 Å². The van der Waals surface area contributed by atoms with E-state index in [4.69, 9.17) is 11.6 Å². The third-order valence-electron chi connectivity index (χ3n) is 5.38. The second kappa shape index (κ2) is 8.37. The van der Waals surface area contributed by atoms with Crippen molar-refractivity contribution in [2.75, 3.05) is 13.1 Å². The van der Waals surface area contributed by atoms with Gasteiger partial charge < -0.3 is 19.8 Å². The number of halogens is 2. The normalized spacial score (nSPS) is 16.1. The van der Waals surface area contributed by atoms with Crippen molar-refractivity contribution in [1.82, 2.24) is 24.0 Å². The number of hydrogen-bond donors (Lipinski definition) is 1. The number of nitro groups is 1. The van der Waals surface area contributed by atoms with Crippen LogP contribution in [-0.2, 0) is 19.6 Å². The molecule has 0 radical (unpaired) electrons. The highest BCUT2D eigenvalue weighted by atomic mass is 35.5. The van der Waals surface area contributed by atoms with Gasteiger partial charge in [-0.15, -0.1) is 0 Å². The predicted octanol–water partition coefficient (Wildman–Crippen LogP) is 3.10. The lowest BCUT2D eigenvalue weighted by atomic mass is 10.0. The number of nitrogens with zero attached hydrogens (tertiary/aromatic N) is 6. The number of imidazole rings is 2. The third kappa shape index (κ3) is 4.92. The van der Waals surface area contributed by atoms with Gasteiger partial charge in [-0.3, -0.25) is 9.47 Å². The number of rotatable bonds is 7. The third-order valence-corrected chi connectivity index (χ3v) is 5.68. The highest BCUT2D eigenvalue weighted by molar-refractivity contribution is 6.28. The van der Waals surface area contributed by atoms with Crippen LogP contribution in [0, 0.1) is 15.9 Å². The molecule has 3 aromatic rings. The first-order valence-corrected chi connectivity index (χ1v) is 10.2. The molecule has 0 spiro atoms. The van der Waals surface area contributed by atoms with Crippen LogP contribution in [0.2, 0.25) is 5.28 Å². The predicted molar refractivity (Wildman–Crippen MR) is 112 cm³/mol. The molecule has 2 aromatic heterocycles. The van der Waals surface area contributed by atoms with Crippen LogP contribution in [0.1, 0.15) is 19.2 Å². The molecule has 9 nitrogen and oxygen atoms in total. The summed E-state index contributed by atoms with van der Waals surface area (Å²) in [6.45, 7) is 4.52. The Hall–Kier alpha value is -2.82. The summed E-state index contributed by atoms with van der Waals surface area (Å²) >= 11 is 5.95. The van der Waals surface area contributed by atoms with E-state index in [-0.39, 0.29) is 16.9 Å². The molecule has 1 aliphatic rings. The van der Waals surface area contributed by atoms with Crippen molar-refractivity contribution in [3.05, 3.63) is 63.7 Å². The minimum Gasteiger partial charge on any atom is -0.389 e. The minimum atomic E-state index is -1.03. The van der Waals surface area contributed by atoms with Crippen LogP contribution in [0.3, 0.4) is 0 Å². The van der Waals surface area contributed by atoms with Crippen LogP contribution in [0.25, 0.3) is 11.3 Å². The fraction of sp³-hybridized carbons (Fsp3) is 0.400. The van der Waals surface area contributed by atoms with Crippen molar-refractivity contribution in [1.29, 1.82) is 0 Å². The summed E-state index contributed by atoms with van der Waals surface area (Å²) < 4.78 is 16.7. The van der Waals surface area contributed by atoms with E-state index in [0.717, 1.165) is 30.2 Å². The first kappa shape index (κ1) is 21.4. The number of benzene rings is 1. The van der Waals surface area contributed by atoms with E-state index in [9.17, 15) is 19.6 Å². The highest BCUT2D eigenvalue weighted by Gasteiger charge is 2.28. The summed E-state index contributed by atoms with van der Waals surface area (Å²) in [5.41, 5.74) is 0.616. The van der Waals surface area contributed by atoms with Crippen LogP contribution in [0.4, 0.5) is 10.2 Å². The first-order valence-electron chi connectivity index (χ1n) is 9.84. The van der Waals surface area contributed by atoms with Crippen molar-refractivity contribution in [2.24, 2.45) is 0 Å². The zero-order valence-electron chi connectivity index (χ0n) is 16.9. The monoisotopic (exact) mass is 448 g/mol. The Bertz CT molecular complexity index is 1100. The van der Waals surface area contributed by atoms with Gasteiger partial charge in [-0.2, -0.15) is 0 Å². The quantitative estimate of drug-likeness (QED) is 0.440. The largest absolute Gasteiger partial charge is 0.389 e. The molecule has 0 aliphatic carbocycles. The van der Waals surface area contributed by atoms with Gasteiger partial charge in [0.05, 0.1) is 17.8 Å². The smallest absolute Gasteiger partial charge is 0.383 e. The van der Waals surface area contributed by atoms with Gasteiger partial charge in [-0.05, 0) is 59.1 Å². The molecular weight excluding hydrogens is 427 g/mol. The Morgan fingerprint density at radius 2 is 2.00 bits per heavy atom. The van der Waals surface area contributed by atoms with Gasteiger partial charge in [0.2, 0.25) is 0 Å².